The Morgan fingerprint density at radius 2 is 2.00 bits per heavy atom. The Labute approximate surface area is 179 Å². The Kier molecular flexibility index (Phi) is 7.91. The Morgan fingerprint density at radius 3 is 2.71 bits per heavy atom. The highest BCUT2D eigenvalue weighted by Gasteiger charge is 2.33. The third-order valence-corrected chi connectivity index (χ3v) is 5.26. The van der Waals surface area contributed by atoms with E-state index in [1.165, 1.54) is 0 Å². The van der Waals surface area contributed by atoms with Gasteiger partial charge in [0, 0.05) is 37.3 Å². The van der Waals surface area contributed by atoms with Gasteiger partial charge in [0.25, 0.3) is 0 Å². The number of aromatic nitrogens is 2. The zero-order valence-electron chi connectivity index (χ0n) is 17.6. The summed E-state index contributed by atoms with van der Waals surface area (Å²) in [6.45, 7) is 3.25. The summed E-state index contributed by atoms with van der Waals surface area (Å²) in [6, 6.07) is 1.35. The van der Waals surface area contributed by atoms with Crippen LogP contribution in [0.5, 0.6) is 0 Å². The summed E-state index contributed by atoms with van der Waals surface area (Å²) in [4.78, 5) is 24.1. The molecule has 1 aromatic heterocycles. The van der Waals surface area contributed by atoms with E-state index >= 15 is 0 Å². The van der Waals surface area contributed by atoms with Gasteiger partial charge in [0.1, 0.15) is 5.69 Å². The van der Waals surface area contributed by atoms with Crippen molar-refractivity contribution in [1.82, 2.24) is 25.9 Å². The lowest BCUT2D eigenvalue weighted by atomic mass is 9.85. The first kappa shape index (κ1) is 23.1. The fourth-order valence-electron chi connectivity index (χ4n) is 3.56. The van der Waals surface area contributed by atoms with Gasteiger partial charge in [-0.3, -0.25) is 9.79 Å². The van der Waals surface area contributed by atoms with Crippen molar-refractivity contribution in [3.05, 3.63) is 18.0 Å². The lowest BCUT2D eigenvalue weighted by Gasteiger charge is -2.30. The van der Waals surface area contributed by atoms with Crippen LogP contribution in [0, 0.1) is 5.92 Å². The average Bonchev–Trinajstić information content (AvgIpc) is 3.55. The molecule has 1 amide bonds. The number of amides is 1. The summed E-state index contributed by atoms with van der Waals surface area (Å²) in [5.74, 6) is 0.720. The van der Waals surface area contributed by atoms with Crippen LogP contribution in [0.25, 0.3) is 0 Å². The van der Waals surface area contributed by atoms with Crippen LogP contribution in [0.15, 0.2) is 17.3 Å². The largest absolute Gasteiger partial charge is 0.433 e. The maximum Gasteiger partial charge on any atom is 0.433 e. The predicted octanol–water partition coefficient (Wildman–Crippen LogP) is 2.30. The quantitative estimate of drug-likeness (QED) is 0.280. The minimum Gasteiger partial charge on any atom is -0.357 e. The zero-order chi connectivity index (χ0) is 22.3. The lowest BCUT2D eigenvalue weighted by Crippen LogP contribution is -2.47. The van der Waals surface area contributed by atoms with Gasteiger partial charge in [-0.05, 0) is 45.1 Å². The number of rotatable bonds is 8. The van der Waals surface area contributed by atoms with E-state index < -0.39 is 11.9 Å². The number of nitrogens with one attached hydrogen (secondary N) is 4. The van der Waals surface area contributed by atoms with Crippen LogP contribution in [-0.2, 0) is 11.0 Å². The highest BCUT2D eigenvalue weighted by atomic mass is 19.4. The number of guanidine groups is 1. The monoisotopic (exact) mass is 441 g/mol. The van der Waals surface area contributed by atoms with Crippen molar-refractivity contribution in [2.45, 2.75) is 63.7 Å². The third-order valence-electron chi connectivity index (χ3n) is 5.26. The second-order valence-corrected chi connectivity index (χ2v) is 7.94. The first-order chi connectivity index (χ1) is 14.8. The number of hydrogen-bond acceptors (Lipinski definition) is 5. The number of anilines is 1. The fourth-order valence-corrected chi connectivity index (χ4v) is 3.56. The van der Waals surface area contributed by atoms with E-state index in [1.807, 2.05) is 6.92 Å². The first-order valence-corrected chi connectivity index (χ1v) is 10.8. The molecule has 31 heavy (non-hydrogen) atoms. The highest BCUT2D eigenvalue weighted by molar-refractivity contribution is 5.81. The van der Waals surface area contributed by atoms with Gasteiger partial charge in [0.2, 0.25) is 11.9 Å². The van der Waals surface area contributed by atoms with Crippen molar-refractivity contribution in [3.63, 3.8) is 0 Å². The maximum atomic E-state index is 12.7. The Bertz CT molecular complexity index is 767. The van der Waals surface area contributed by atoms with E-state index in [2.05, 4.69) is 36.2 Å². The minimum atomic E-state index is -4.51. The highest BCUT2D eigenvalue weighted by Crippen LogP contribution is 2.28. The molecule has 0 saturated heterocycles. The zero-order valence-corrected chi connectivity index (χ0v) is 17.6. The molecule has 2 aliphatic carbocycles. The van der Waals surface area contributed by atoms with Crippen molar-refractivity contribution < 1.29 is 18.0 Å². The molecule has 2 saturated carbocycles. The molecule has 4 N–H and O–H groups in total. The molecule has 0 bridgehead atoms. The van der Waals surface area contributed by atoms with Crippen LogP contribution in [0.2, 0.25) is 0 Å². The molecule has 2 unspecified atom stereocenters. The number of aliphatic imine (C=N–C) groups is 1. The minimum absolute atomic E-state index is 0.0226. The van der Waals surface area contributed by atoms with Crippen LogP contribution in [0.4, 0.5) is 19.1 Å². The molecule has 1 heterocycles. The molecule has 11 heteroatoms. The van der Waals surface area contributed by atoms with Crippen molar-refractivity contribution in [2.24, 2.45) is 10.9 Å². The van der Waals surface area contributed by atoms with Crippen LogP contribution < -0.4 is 21.3 Å². The number of alkyl halides is 3. The topological polar surface area (TPSA) is 103 Å². The van der Waals surface area contributed by atoms with E-state index in [4.69, 9.17) is 0 Å². The van der Waals surface area contributed by atoms with Crippen LogP contribution in [0.1, 0.15) is 51.1 Å². The van der Waals surface area contributed by atoms with E-state index in [0.29, 0.717) is 25.1 Å². The molecule has 0 radical (unpaired) electrons. The van der Waals surface area contributed by atoms with Crippen molar-refractivity contribution in [1.29, 1.82) is 0 Å². The summed E-state index contributed by atoms with van der Waals surface area (Å²) in [5.41, 5.74) is -0.985. The van der Waals surface area contributed by atoms with Crippen LogP contribution in [-0.4, -0.2) is 53.6 Å². The van der Waals surface area contributed by atoms with Crippen molar-refractivity contribution in [3.8, 4) is 0 Å². The summed E-state index contributed by atoms with van der Waals surface area (Å²) >= 11 is 0. The molecule has 2 aliphatic rings. The number of carbonyl (C=O) groups is 1. The summed E-state index contributed by atoms with van der Waals surface area (Å²) in [6.07, 6.45) is 2.35. The number of nitrogens with zero attached hydrogens (tertiary/aromatic N) is 3. The van der Waals surface area contributed by atoms with Gasteiger partial charge < -0.3 is 21.3 Å². The Morgan fingerprint density at radius 1 is 1.19 bits per heavy atom. The first-order valence-electron chi connectivity index (χ1n) is 10.8. The van der Waals surface area contributed by atoms with Crippen molar-refractivity contribution >= 4 is 17.8 Å². The van der Waals surface area contributed by atoms with Gasteiger partial charge in [0.05, 0.1) is 6.54 Å². The van der Waals surface area contributed by atoms with Gasteiger partial charge in [0.15, 0.2) is 5.96 Å². The smallest absolute Gasteiger partial charge is 0.357 e. The van der Waals surface area contributed by atoms with E-state index in [-0.39, 0.29) is 30.4 Å². The second kappa shape index (κ2) is 10.6. The Balaban J connectivity index is 1.47. The third kappa shape index (κ3) is 7.55. The van der Waals surface area contributed by atoms with Crippen LogP contribution >= 0.6 is 0 Å². The molecule has 0 aliphatic heterocycles. The summed E-state index contributed by atoms with van der Waals surface area (Å²) in [5, 5.41) is 12.4. The van der Waals surface area contributed by atoms with Crippen LogP contribution in [0.3, 0.4) is 0 Å². The molecule has 1 aromatic rings. The van der Waals surface area contributed by atoms with Gasteiger partial charge in [-0.2, -0.15) is 13.2 Å². The molecular formula is C20H30F3N7O. The van der Waals surface area contributed by atoms with Gasteiger partial charge in [-0.25, -0.2) is 9.97 Å². The molecule has 2 atom stereocenters. The summed E-state index contributed by atoms with van der Waals surface area (Å²) in [7, 11) is 0. The second-order valence-electron chi connectivity index (χ2n) is 7.94. The standard InChI is InChI=1S/C20H30F3N7O/c1-2-24-18(26-10-11-27-19-25-9-8-16(30-19)20(21,22)23)29-15-5-3-4-13(12-15)17(31)28-14-6-7-14/h8-9,13-15H,2-7,10-12H2,1H3,(H,28,31)(H2,24,26,29)(H,25,27,30). The normalized spacial score (nSPS) is 22.0. The molecular weight excluding hydrogens is 411 g/mol. The van der Waals surface area contributed by atoms with E-state index in [0.717, 1.165) is 50.8 Å². The lowest BCUT2D eigenvalue weighted by molar-refractivity contribution is -0.141. The van der Waals surface area contributed by atoms with E-state index in [9.17, 15) is 18.0 Å². The maximum absolute atomic E-state index is 12.7. The molecule has 172 valence electrons. The molecule has 8 nitrogen and oxygen atoms in total. The molecule has 0 aromatic carbocycles. The molecule has 2 fully saturated rings. The van der Waals surface area contributed by atoms with Gasteiger partial charge in [-0.1, -0.05) is 6.42 Å². The predicted molar refractivity (Wildman–Crippen MR) is 112 cm³/mol. The summed E-state index contributed by atoms with van der Waals surface area (Å²) < 4.78 is 38.2. The fraction of sp³-hybridized carbons (Fsp3) is 0.700. The number of carbonyl (C=O) groups excluding carboxylic acids is 1. The average molecular weight is 442 g/mol. The van der Waals surface area contributed by atoms with E-state index in [1.54, 1.807) is 0 Å². The van der Waals surface area contributed by atoms with Crippen molar-refractivity contribution in [2.75, 3.05) is 25.0 Å². The van der Waals surface area contributed by atoms with Gasteiger partial charge >= 0.3 is 6.18 Å². The number of halogens is 3. The number of hydrogen-bond donors (Lipinski definition) is 4. The molecule has 0 spiro atoms. The Hall–Kier alpha value is -2.59. The molecule has 3 rings (SSSR count). The SMILES string of the molecule is CCNC(=NCCNc1nccc(C(F)(F)F)n1)NC1CCCC(C(=O)NC2CC2)C1. The van der Waals surface area contributed by atoms with Gasteiger partial charge in [-0.15, -0.1) is 0 Å².